The highest BCUT2D eigenvalue weighted by molar-refractivity contribution is 7.86. The van der Waals surface area contributed by atoms with Gasteiger partial charge in [0.2, 0.25) is 0 Å². The van der Waals surface area contributed by atoms with E-state index in [-0.39, 0.29) is 6.54 Å². The average molecular weight is 245 g/mol. The van der Waals surface area contributed by atoms with Crippen LogP contribution in [0.15, 0.2) is 0 Å². The highest BCUT2D eigenvalue weighted by Gasteiger charge is 2.25. The summed E-state index contributed by atoms with van der Waals surface area (Å²) in [6, 6.07) is 0. The Labute approximate surface area is 89.0 Å². The van der Waals surface area contributed by atoms with Crippen molar-refractivity contribution in [2.24, 2.45) is 5.73 Å². The molecule has 0 aliphatic heterocycles. The van der Waals surface area contributed by atoms with Gasteiger partial charge in [-0.3, -0.25) is 0 Å². The molecular formula is C7H17F2N3O2S. The van der Waals surface area contributed by atoms with E-state index >= 15 is 0 Å². The molecule has 5 nitrogen and oxygen atoms in total. The molecule has 0 amide bonds. The number of halogens is 2. The minimum Gasteiger partial charge on any atom is -0.330 e. The quantitative estimate of drug-likeness (QED) is 0.670. The zero-order chi connectivity index (χ0) is 12.1. The Morgan fingerprint density at radius 2 is 1.80 bits per heavy atom. The van der Waals surface area contributed by atoms with E-state index in [2.05, 4.69) is 0 Å². The van der Waals surface area contributed by atoms with Gasteiger partial charge >= 0.3 is 0 Å². The van der Waals surface area contributed by atoms with Crippen LogP contribution in [0.2, 0.25) is 0 Å². The Balaban J connectivity index is 4.38. The second-order valence-corrected chi connectivity index (χ2v) is 5.29. The van der Waals surface area contributed by atoms with Crippen molar-refractivity contribution in [2.45, 2.75) is 12.8 Å². The maximum atomic E-state index is 12.0. The van der Waals surface area contributed by atoms with Gasteiger partial charge in [-0.2, -0.15) is 17.0 Å². The van der Waals surface area contributed by atoms with Gasteiger partial charge in [0.1, 0.15) is 0 Å². The molecule has 0 fully saturated rings. The molecule has 0 bridgehead atoms. The molecule has 0 aromatic heterocycles. The van der Waals surface area contributed by atoms with Gasteiger partial charge in [-0.25, -0.2) is 8.78 Å². The summed E-state index contributed by atoms with van der Waals surface area (Å²) < 4.78 is 48.7. The van der Waals surface area contributed by atoms with Crippen molar-refractivity contribution in [1.29, 1.82) is 0 Å². The molecule has 0 aliphatic carbocycles. The van der Waals surface area contributed by atoms with Gasteiger partial charge < -0.3 is 5.73 Å². The first-order valence-electron chi connectivity index (χ1n) is 4.48. The Morgan fingerprint density at radius 3 is 2.20 bits per heavy atom. The van der Waals surface area contributed by atoms with E-state index in [1.807, 2.05) is 0 Å². The van der Waals surface area contributed by atoms with Crippen LogP contribution in [0.1, 0.15) is 6.42 Å². The summed E-state index contributed by atoms with van der Waals surface area (Å²) in [5, 5.41) is 0. The fourth-order valence-corrected chi connectivity index (χ4v) is 2.09. The van der Waals surface area contributed by atoms with E-state index in [0.717, 1.165) is 11.4 Å². The van der Waals surface area contributed by atoms with E-state index in [0.29, 0.717) is 17.3 Å². The maximum absolute atomic E-state index is 12.0. The number of alkyl halides is 2. The van der Waals surface area contributed by atoms with E-state index in [1.165, 1.54) is 7.05 Å². The molecule has 92 valence electrons. The monoisotopic (exact) mass is 245 g/mol. The van der Waals surface area contributed by atoms with E-state index in [4.69, 9.17) is 5.73 Å². The lowest BCUT2D eigenvalue weighted by Crippen LogP contribution is -2.42. The van der Waals surface area contributed by atoms with Crippen molar-refractivity contribution in [2.75, 3.05) is 33.7 Å². The van der Waals surface area contributed by atoms with Crippen molar-refractivity contribution < 1.29 is 17.2 Å². The van der Waals surface area contributed by atoms with Gasteiger partial charge in [0, 0.05) is 20.6 Å². The molecule has 0 unspecified atom stereocenters. The molecule has 0 aliphatic rings. The maximum Gasteiger partial charge on any atom is 0.281 e. The molecule has 0 saturated heterocycles. The summed E-state index contributed by atoms with van der Waals surface area (Å²) in [7, 11) is -1.31. The molecule has 0 saturated carbocycles. The lowest BCUT2D eigenvalue weighted by molar-refractivity contribution is 0.124. The Bertz CT molecular complexity index is 271. The fourth-order valence-electron chi connectivity index (χ4n) is 0.956. The first kappa shape index (κ1) is 14.7. The van der Waals surface area contributed by atoms with Crippen molar-refractivity contribution in [3.8, 4) is 0 Å². The highest BCUT2D eigenvalue weighted by Crippen LogP contribution is 2.06. The predicted molar refractivity (Wildman–Crippen MR) is 53.9 cm³/mol. The average Bonchev–Trinajstić information content (AvgIpc) is 2.12. The zero-order valence-corrected chi connectivity index (χ0v) is 9.67. The van der Waals surface area contributed by atoms with Crippen LogP contribution < -0.4 is 5.73 Å². The Kier molecular flexibility index (Phi) is 6.18. The summed E-state index contributed by atoms with van der Waals surface area (Å²) in [6.07, 6.45) is -2.18. The topological polar surface area (TPSA) is 66.6 Å². The van der Waals surface area contributed by atoms with E-state index in [1.54, 1.807) is 0 Å². The summed E-state index contributed by atoms with van der Waals surface area (Å²) in [4.78, 5) is 0. The number of hydrogen-bond acceptors (Lipinski definition) is 3. The van der Waals surface area contributed by atoms with Crippen LogP contribution in [0, 0.1) is 0 Å². The SMILES string of the molecule is CN(CCCN)S(=O)(=O)N(C)CC(F)F. The smallest absolute Gasteiger partial charge is 0.281 e. The molecule has 2 N–H and O–H groups in total. The highest BCUT2D eigenvalue weighted by atomic mass is 32.2. The third-order valence-corrected chi connectivity index (χ3v) is 3.77. The van der Waals surface area contributed by atoms with Crippen molar-refractivity contribution in [1.82, 2.24) is 8.61 Å². The molecule has 15 heavy (non-hydrogen) atoms. The van der Waals surface area contributed by atoms with Crippen LogP contribution in [0.4, 0.5) is 8.78 Å². The normalized spacial score (nSPS) is 13.1. The van der Waals surface area contributed by atoms with Gasteiger partial charge in [-0.05, 0) is 13.0 Å². The van der Waals surface area contributed by atoms with Crippen LogP contribution in [0.25, 0.3) is 0 Å². The van der Waals surface area contributed by atoms with Gasteiger partial charge in [-0.15, -0.1) is 0 Å². The van der Waals surface area contributed by atoms with E-state index < -0.39 is 23.2 Å². The summed E-state index contributed by atoms with van der Waals surface area (Å²) in [5.74, 6) is 0. The standard InChI is InChI=1S/C7H17F2N3O2S/c1-11(5-3-4-10)15(13,14)12(2)6-7(8)9/h7H,3-6,10H2,1-2H3. The largest absolute Gasteiger partial charge is 0.330 e. The molecule has 0 heterocycles. The lowest BCUT2D eigenvalue weighted by atomic mass is 10.4. The minimum atomic E-state index is -3.78. The minimum absolute atomic E-state index is 0.229. The summed E-state index contributed by atoms with van der Waals surface area (Å²) >= 11 is 0. The van der Waals surface area contributed by atoms with E-state index in [9.17, 15) is 17.2 Å². The number of nitrogens with two attached hydrogens (primary N) is 1. The second-order valence-electron chi connectivity index (χ2n) is 3.14. The first-order chi connectivity index (χ1) is 6.82. The fraction of sp³-hybridized carbons (Fsp3) is 1.00. The van der Waals surface area contributed by atoms with Crippen LogP contribution in [-0.4, -0.2) is 57.2 Å². The Morgan fingerprint density at radius 1 is 1.27 bits per heavy atom. The molecule has 0 aromatic rings. The molecule has 0 rings (SSSR count). The third-order valence-electron chi connectivity index (χ3n) is 1.86. The third kappa shape index (κ3) is 4.83. The Hall–Kier alpha value is -0.310. The number of nitrogens with zero attached hydrogens (tertiary/aromatic N) is 2. The van der Waals surface area contributed by atoms with Crippen LogP contribution >= 0.6 is 0 Å². The molecule has 0 radical (unpaired) electrons. The lowest BCUT2D eigenvalue weighted by Gasteiger charge is -2.23. The van der Waals surface area contributed by atoms with Crippen LogP contribution in [0.3, 0.4) is 0 Å². The van der Waals surface area contributed by atoms with Gasteiger partial charge in [0.25, 0.3) is 16.6 Å². The predicted octanol–water partition coefficient (Wildman–Crippen LogP) is -0.291. The summed E-state index contributed by atoms with van der Waals surface area (Å²) in [5.41, 5.74) is 5.22. The van der Waals surface area contributed by atoms with Crippen molar-refractivity contribution in [3.05, 3.63) is 0 Å². The molecular weight excluding hydrogens is 228 g/mol. The number of rotatable bonds is 7. The molecule has 0 spiro atoms. The molecule has 0 aromatic carbocycles. The van der Waals surface area contributed by atoms with Crippen LogP contribution in [-0.2, 0) is 10.2 Å². The second kappa shape index (κ2) is 6.31. The van der Waals surface area contributed by atoms with Crippen molar-refractivity contribution >= 4 is 10.2 Å². The van der Waals surface area contributed by atoms with Gasteiger partial charge in [-0.1, -0.05) is 0 Å². The van der Waals surface area contributed by atoms with Crippen LogP contribution in [0.5, 0.6) is 0 Å². The zero-order valence-electron chi connectivity index (χ0n) is 8.86. The molecule has 0 atom stereocenters. The molecule has 8 heteroatoms. The summed E-state index contributed by atoms with van der Waals surface area (Å²) in [6.45, 7) is -0.208. The first-order valence-corrected chi connectivity index (χ1v) is 5.88. The number of hydrogen-bond donors (Lipinski definition) is 1. The van der Waals surface area contributed by atoms with Gasteiger partial charge in [0.15, 0.2) is 0 Å². The van der Waals surface area contributed by atoms with Crippen molar-refractivity contribution in [3.63, 3.8) is 0 Å². The van der Waals surface area contributed by atoms with Gasteiger partial charge in [0.05, 0.1) is 6.54 Å².